The Bertz CT molecular complexity index is 752. The summed E-state index contributed by atoms with van der Waals surface area (Å²) < 4.78 is 5.38. The van der Waals surface area contributed by atoms with Gasteiger partial charge in [0.25, 0.3) is 0 Å². The molecular formula is C26H46N3NaO9. The van der Waals surface area contributed by atoms with Crippen molar-refractivity contribution in [2.45, 2.75) is 134 Å². The predicted molar refractivity (Wildman–Crippen MR) is 138 cm³/mol. The first-order valence-corrected chi connectivity index (χ1v) is 13.8. The van der Waals surface area contributed by atoms with Gasteiger partial charge in [-0.25, -0.2) is 4.79 Å². The zero-order valence-electron chi connectivity index (χ0n) is 23.6. The summed E-state index contributed by atoms with van der Waals surface area (Å²) in [4.78, 5) is 40.1. The largest absolute Gasteiger partial charge is 1.00 e. The Labute approximate surface area is 253 Å². The topological polar surface area (TPSA) is 201 Å². The first kappa shape index (κ1) is 37.7. The van der Waals surface area contributed by atoms with Crippen LogP contribution in [0.3, 0.4) is 0 Å². The number of carboxylic acids is 1. The monoisotopic (exact) mass is 567 g/mol. The van der Waals surface area contributed by atoms with Gasteiger partial charge in [-0.2, -0.15) is 0 Å². The second-order valence-electron chi connectivity index (χ2n) is 9.91. The van der Waals surface area contributed by atoms with Crippen molar-refractivity contribution in [3.05, 3.63) is 0 Å². The van der Waals surface area contributed by atoms with E-state index in [2.05, 4.69) is 22.5 Å². The van der Waals surface area contributed by atoms with E-state index >= 15 is 0 Å². The molecule has 0 spiro atoms. The number of unbranched alkanes of at least 4 members (excludes halogenated alkanes) is 10. The molecule has 0 aliphatic carbocycles. The van der Waals surface area contributed by atoms with Crippen LogP contribution in [0, 0.1) is 0 Å². The van der Waals surface area contributed by atoms with Crippen molar-refractivity contribution in [3.8, 4) is 0 Å². The molecule has 6 atom stereocenters. The number of aliphatic imine (C=N–C) groups is 1. The van der Waals surface area contributed by atoms with Crippen LogP contribution in [0.15, 0.2) is 4.99 Å². The number of ether oxygens (including phenoxy) is 1. The molecule has 220 valence electrons. The molecule has 1 aliphatic heterocycles. The van der Waals surface area contributed by atoms with E-state index in [0.717, 1.165) is 26.2 Å². The maximum Gasteiger partial charge on any atom is 1.00 e. The molecule has 0 aromatic heterocycles. The minimum Gasteiger partial charge on any atom is -0.862 e. The third-order valence-electron chi connectivity index (χ3n) is 6.56. The number of hydrogen-bond donors (Lipinski definition) is 6. The van der Waals surface area contributed by atoms with Gasteiger partial charge in [0.2, 0.25) is 11.8 Å². The van der Waals surface area contributed by atoms with E-state index < -0.39 is 73.3 Å². The van der Waals surface area contributed by atoms with Gasteiger partial charge in [0.1, 0.15) is 30.4 Å². The third-order valence-corrected chi connectivity index (χ3v) is 6.56. The number of aliphatic hydroxyl groups is 3. The van der Waals surface area contributed by atoms with Crippen LogP contribution in [0.2, 0.25) is 0 Å². The van der Waals surface area contributed by atoms with Gasteiger partial charge in [-0.05, 0) is 19.2 Å². The average molecular weight is 568 g/mol. The molecule has 2 amide bonds. The van der Waals surface area contributed by atoms with E-state index in [0.29, 0.717) is 6.42 Å². The summed E-state index contributed by atoms with van der Waals surface area (Å²) in [5.41, 5.74) is 0. The molecular weight excluding hydrogens is 521 g/mol. The van der Waals surface area contributed by atoms with Gasteiger partial charge in [-0.3, -0.25) is 14.6 Å². The fraction of sp³-hybridized carbons (Fsp3) is 0.846. The number of amides is 2. The van der Waals surface area contributed by atoms with E-state index in [-0.39, 0.29) is 36.0 Å². The van der Waals surface area contributed by atoms with E-state index in [1.807, 2.05) is 0 Å². The van der Waals surface area contributed by atoms with Crippen LogP contribution in [0.5, 0.6) is 0 Å². The van der Waals surface area contributed by atoms with Crippen LogP contribution < -0.4 is 45.3 Å². The Morgan fingerprint density at radius 3 is 1.95 bits per heavy atom. The normalized spacial score (nSPS) is 23.9. The maximum atomic E-state index is 12.5. The molecule has 0 aromatic carbocycles. The van der Waals surface area contributed by atoms with Crippen LogP contribution in [0.25, 0.3) is 0 Å². The van der Waals surface area contributed by atoms with Gasteiger partial charge in [0, 0.05) is 6.42 Å². The fourth-order valence-electron chi connectivity index (χ4n) is 4.39. The predicted octanol–water partition coefficient (Wildman–Crippen LogP) is -2.65. The molecule has 13 heteroatoms. The number of aliphatic carboxylic acids is 1. The number of aliphatic hydroxyl groups excluding tert-OH is 3. The van der Waals surface area contributed by atoms with E-state index in [1.165, 1.54) is 44.9 Å². The average Bonchev–Trinajstić information content (AvgIpc) is 2.86. The van der Waals surface area contributed by atoms with Gasteiger partial charge in [0.05, 0.1) is 13.0 Å². The summed E-state index contributed by atoms with van der Waals surface area (Å²) in [6.07, 6.45) is 6.07. The van der Waals surface area contributed by atoms with Crippen LogP contribution in [0.4, 0.5) is 0 Å². The summed E-state index contributed by atoms with van der Waals surface area (Å²) in [6.45, 7) is 2.64. The Morgan fingerprint density at radius 1 is 0.923 bits per heavy atom. The quantitative estimate of drug-likeness (QED) is 0.0417. The fourth-order valence-corrected chi connectivity index (χ4v) is 4.39. The molecule has 0 aromatic rings. The number of carbonyl (C=O) groups excluding carboxylic acids is 2. The summed E-state index contributed by atoms with van der Waals surface area (Å²) in [7, 11) is 0. The zero-order chi connectivity index (χ0) is 28.5. The van der Waals surface area contributed by atoms with Crippen LogP contribution in [-0.2, 0) is 19.1 Å². The van der Waals surface area contributed by atoms with Crippen molar-refractivity contribution >= 4 is 23.7 Å². The third kappa shape index (κ3) is 15.3. The van der Waals surface area contributed by atoms with E-state index in [9.17, 15) is 39.9 Å². The van der Waals surface area contributed by atoms with Gasteiger partial charge in [-0.15, -0.1) is 0 Å². The molecule has 1 fully saturated rings. The van der Waals surface area contributed by atoms with Crippen molar-refractivity contribution in [2.24, 2.45) is 4.99 Å². The summed E-state index contributed by atoms with van der Waals surface area (Å²) in [6, 6.07) is -2.86. The molecule has 1 aliphatic rings. The van der Waals surface area contributed by atoms with E-state index in [4.69, 9.17) is 4.74 Å². The Morgan fingerprint density at radius 2 is 1.46 bits per heavy atom. The summed E-state index contributed by atoms with van der Waals surface area (Å²) in [5, 5.41) is 55.3. The molecule has 39 heavy (non-hydrogen) atoms. The first-order valence-electron chi connectivity index (χ1n) is 13.8. The molecule has 0 saturated carbocycles. The second kappa shape index (κ2) is 21.5. The number of carbonyl (C=O) groups is 3. The van der Waals surface area contributed by atoms with Crippen LogP contribution >= 0.6 is 0 Å². The number of rotatable bonds is 19. The van der Waals surface area contributed by atoms with Gasteiger partial charge < -0.3 is 40.9 Å². The molecule has 1 rings (SSSR count). The number of carboxylic acid groups (broad SMARTS) is 1. The number of hydrogen-bond acceptors (Lipinski definition) is 9. The van der Waals surface area contributed by atoms with Crippen LogP contribution in [-0.4, -0.2) is 87.3 Å². The summed E-state index contributed by atoms with van der Waals surface area (Å²) in [5.74, 6) is -3.41. The molecule has 12 nitrogen and oxygen atoms in total. The molecule has 6 N–H and O–H groups in total. The van der Waals surface area contributed by atoms with Gasteiger partial charge >= 0.3 is 35.5 Å². The smallest absolute Gasteiger partial charge is 0.862 e. The molecule has 0 bridgehead atoms. The minimum absolute atomic E-state index is 0. The Balaban J connectivity index is 0.0000144. The Kier molecular flexibility index (Phi) is 20.8. The number of nitrogens with zero attached hydrogens (tertiary/aromatic N) is 1. The first-order chi connectivity index (χ1) is 18.1. The zero-order valence-corrected chi connectivity index (χ0v) is 25.6. The standard InChI is InChI=1S/C26H47N3O9.Na/c1-3-4-5-6-7-8-9-10-11-12-13-14-20(32)28-18(26(36)37)15-21(33)29-25-22(27-17(2)31)24(35)23(34)19(16-30)38-25;/h18-19,22-25,30,34-35H,3-16H2,1-2H3,(H,27,31)(H,28,32)(H,29,33)(H,36,37);/q;+1/p-1/t18?,19-,22-,23-,24-,25-;/m1./s1. The molecule has 1 saturated heterocycles. The van der Waals surface area contributed by atoms with Crippen molar-refractivity contribution in [2.75, 3.05) is 6.61 Å². The van der Waals surface area contributed by atoms with Gasteiger partial charge in [-0.1, -0.05) is 71.1 Å². The minimum atomic E-state index is -1.61. The Hall–Kier alpha value is -1.28. The van der Waals surface area contributed by atoms with Crippen molar-refractivity contribution < 1.29 is 74.2 Å². The second-order valence-corrected chi connectivity index (χ2v) is 9.91. The molecule has 1 heterocycles. The summed E-state index contributed by atoms with van der Waals surface area (Å²) >= 11 is 0. The van der Waals surface area contributed by atoms with Crippen molar-refractivity contribution in [1.82, 2.24) is 10.6 Å². The van der Waals surface area contributed by atoms with Crippen molar-refractivity contribution in [1.29, 1.82) is 0 Å². The van der Waals surface area contributed by atoms with E-state index in [1.54, 1.807) is 0 Å². The van der Waals surface area contributed by atoms with Crippen LogP contribution in [0.1, 0.15) is 97.3 Å². The SMILES string of the molecule is CCCCCCCCCCCCCC(=O)NC(CC(=O)N[C@@H]1O[C@H](CO)[C@@H](O)[C@H](O)[C@H]1N=C(C)[O-])C(=O)O.[Na+]. The van der Waals surface area contributed by atoms with Gasteiger partial charge in [0.15, 0.2) is 6.23 Å². The maximum absolute atomic E-state index is 12.5. The molecule has 1 unspecified atom stereocenters. The molecule has 0 radical (unpaired) electrons. The van der Waals surface area contributed by atoms with Crippen molar-refractivity contribution in [3.63, 3.8) is 0 Å². The number of nitrogens with one attached hydrogen (secondary N) is 2.